The number of ether oxygens (including phenoxy) is 2. The molecule has 2 heterocycles. The molecule has 0 aliphatic heterocycles. The van der Waals surface area contributed by atoms with E-state index < -0.39 is 5.97 Å². The molecule has 0 saturated heterocycles. The van der Waals surface area contributed by atoms with Crippen molar-refractivity contribution in [3.8, 4) is 22.8 Å². The van der Waals surface area contributed by atoms with Crippen LogP contribution < -0.4 is 9.47 Å². The summed E-state index contributed by atoms with van der Waals surface area (Å²) >= 11 is 0. The largest absolute Gasteiger partial charge is 0.495 e. The highest BCUT2D eigenvalue weighted by Crippen LogP contribution is 2.32. The number of nitrogens with zero attached hydrogens (tertiary/aromatic N) is 3. The summed E-state index contributed by atoms with van der Waals surface area (Å²) in [5, 5.41) is 8.94. The molecule has 2 aromatic heterocycles. The number of carbonyl (C=O) groups is 1. The van der Waals surface area contributed by atoms with Crippen LogP contribution in [0.25, 0.3) is 11.1 Å². The lowest BCUT2D eigenvalue weighted by molar-refractivity contribution is 0.0697. The van der Waals surface area contributed by atoms with Crippen LogP contribution in [0.2, 0.25) is 0 Å². The van der Waals surface area contributed by atoms with Crippen molar-refractivity contribution in [3.63, 3.8) is 0 Å². The van der Waals surface area contributed by atoms with E-state index in [1.54, 1.807) is 50.0 Å². The molecule has 1 saturated carbocycles. The monoisotopic (exact) mass is 393 g/mol. The van der Waals surface area contributed by atoms with Crippen LogP contribution in [-0.2, 0) is 0 Å². The van der Waals surface area contributed by atoms with Gasteiger partial charge in [-0.25, -0.2) is 9.78 Å². The Morgan fingerprint density at radius 3 is 2.48 bits per heavy atom. The summed E-state index contributed by atoms with van der Waals surface area (Å²) < 4.78 is 10.7. The Labute approximate surface area is 169 Å². The van der Waals surface area contributed by atoms with Gasteiger partial charge in [-0.05, 0) is 55.5 Å². The summed E-state index contributed by atoms with van der Waals surface area (Å²) in [5.74, 6) is 1.73. The molecule has 29 heavy (non-hydrogen) atoms. The van der Waals surface area contributed by atoms with Crippen LogP contribution in [0.4, 0.5) is 0 Å². The number of aromatic carboxylic acids is 1. The van der Waals surface area contributed by atoms with Crippen molar-refractivity contribution in [1.82, 2.24) is 15.0 Å². The first-order valence-corrected chi connectivity index (χ1v) is 9.31. The smallest absolute Gasteiger partial charge is 0.335 e. The van der Waals surface area contributed by atoms with Crippen LogP contribution in [0, 0.1) is 12.8 Å². The number of carboxylic acids is 1. The second-order valence-corrected chi connectivity index (χ2v) is 6.67. The highest BCUT2D eigenvalue weighted by atomic mass is 16.5. The lowest BCUT2D eigenvalue weighted by atomic mass is 10.1. The molecule has 0 spiro atoms. The second-order valence-electron chi connectivity index (χ2n) is 6.67. The van der Waals surface area contributed by atoms with Crippen molar-refractivity contribution in [1.29, 1.82) is 0 Å². The summed E-state index contributed by atoms with van der Waals surface area (Å²) in [6.07, 6.45) is 7.53. The Balaban J connectivity index is 0.000000252. The third-order valence-electron chi connectivity index (χ3n) is 4.34. The van der Waals surface area contributed by atoms with E-state index in [4.69, 9.17) is 14.6 Å². The summed E-state index contributed by atoms with van der Waals surface area (Å²) in [6, 6.07) is 10.3. The van der Waals surface area contributed by atoms with Crippen LogP contribution >= 0.6 is 0 Å². The number of rotatable bonds is 6. The summed E-state index contributed by atoms with van der Waals surface area (Å²) in [7, 11) is 1.62. The zero-order chi connectivity index (χ0) is 20.6. The third kappa shape index (κ3) is 6.00. The van der Waals surface area contributed by atoms with Gasteiger partial charge in [0.1, 0.15) is 11.6 Å². The molecule has 4 rings (SSSR count). The van der Waals surface area contributed by atoms with Gasteiger partial charge in [0.15, 0.2) is 0 Å². The molecule has 0 atom stereocenters. The molecule has 1 aromatic carbocycles. The first-order chi connectivity index (χ1) is 14.1. The average Bonchev–Trinajstić information content (AvgIpc) is 3.58. The Bertz CT molecular complexity index is 942. The fourth-order valence-electron chi connectivity index (χ4n) is 2.50. The zero-order valence-electron chi connectivity index (χ0n) is 16.4. The minimum Gasteiger partial charge on any atom is -0.495 e. The third-order valence-corrected chi connectivity index (χ3v) is 4.34. The number of benzene rings is 1. The van der Waals surface area contributed by atoms with Gasteiger partial charge in [0.25, 0.3) is 0 Å². The fraction of sp³-hybridized carbons (Fsp3) is 0.273. The molecular weight excluding hydrogens is 370 g/mol. The van der Waals surface area contributed by atoms with Gasteiger partial charge in [0, 0.05) is 12.4 Å². The van der Waals surface area contributed by atoms with E-state index in [0.29, 0.717) is 24.2 Å². The molecule has 0 radical (unpaired) electrons. The Morgan fingerprint density at radius 2 is 1.93 bits per heavy atom. The first-order valence-electron chi connectivity index (χ1n) is 9.31. The highest BCUT2D eigenvalue weighted by Gasteiger charge is 2.23. The quantitative estimate of drug-likeness (QED) is 0.675. The molecule has 150 valence electrons. The predicted octanol–water partition coefficient (Wildman–Crippen LogP) is 4.03. The average molecular weight is 393 g/mol. The van der Waals surface area contributed by atoms with Crippen LogP contribution in [0.5, 0.6) is 11.6 Å². The molecule has 1 N–H and O–H groups in total. The molecule has 0 amide bonds. The van der Waals surface area contributed by atoms with Crippen molar-refractivity contribution < 1.29 is 19.4 Å². The van der Waals surface area contributed by atoms with Crippen molar-refractivity contribution in [2.24, 2.45) is 5.92 Å². The molecule has 0 bridgehead atoms. The molecule has 7 nitrogen and oxygen atoms in total. The Kier molecular flexibility index (Phi) is 6.73. The van der Waals surface area contributed by atoms with Gasteiger partial charge in [-0.2, -0.15) is 4.98 Å². The number of aryl methyl sites for hydroxylation is 1. The van der Waals surface area contributed by atoms with Gasteiger partial charge in [-0.15, -0.1) is 0 Å². The number of pyridine rings is 1. The molecule has 7 heteroatoms. The van der Waals surface area contributed by atoms with E-state index in [1.807, 2.05) is 19.1 Å². The van der Waals surface area contributed by atoms with E-state index in [0.717, 1.165) is 16.9 Å². The molecule has 0 unspecified atom stereocenters. The Hall–Kier alpha value is -3.48. The molecule has 1 aliphatic rings. The number of hydrogen-bond acceptors (Lipinski definition) is 6. The molecular formula is C22H23N3O4. The van der Waals surface area contributed by atoms with Crippen molar-refractivity contribution in [2.75, 3.05) is 13.7 Å². The summed E-state index contributed by atoms with van der Waals surface area (Å²) in [5.41, 5.74) is 1.90. The summed E-state index contributed by atoms with van der Waals surface area (Å²) in [6.45, 7) is 2.50. The maximum Gasteiger partial charge on any atom is 0.335 e. The van der Waals surface area contributed by atoms with Crippen LogP contribution in [0.3, 0.4) is 0 Å². The van der Waals surface area contributed by atoms with Crippen LogP contribution in [-0.4, -0.2) is 39.7 Å². The predicted molar refractivity (Wildman–Crippen MR) is 108 cm³/mol. The normalized spacial score (nSPS) is 12.5. The maximum absolute atomic E-state index is 10.9. The standard InChI is InChI=1S/C16H16N2O3.C6H7NO/c1-10-17-8-14(15(18-10)21-9-11-2-3-11)12-4-6-13(7-5-12)16(19)20;1-8-6-3-2-4-7-5-6/h4-8,11H,2-3,9H2,1H3,(H,19,20);2-5H,1H3. The van der Waals surface area contributed by atoms with Gasteiger partial charge in [-0.3, -0.25) is 4.98 Å². The molecule has 3 aromatic rings. The minimum absolute atomic E-state index is 0.257. The van der Waals surface area contributed by atoms with Crippen molar-refractivity contribution >= 4 is 5.97 Å². The SMILES string of the molecule is COc1cccnc1.Cc1ncc(-c2ccc(C(=O)O)cc2)c(OCC2CC2)n1. The van der Waals surface area contributed by atoms with Gasteiger partial charge in [0.05, 0.1) is 31.0 Å². The van der Waals surface area contributed by atoms with E-state index >= 15 is 0 Å². The number of aromatic nitrogens is 3. The highest BCUT2D eigenvalue weighted by molar-refractivity contribution is 5.88. The van der Waals surface area contributed by atoms with Gasteiger partial charge in [0.2, 0.25) is 5.88 Å². The molecule has 1 aliphatic carbocycles. The number of hydrogen-bond donors (Lipinski definition) is 1. The van der Waals surface area contributed by atoms with E-state index in [2.05, 4.69) is 15.0 Å². The van der Waals surface area contributed by atoms with E-state index in [1.165, 1.54) is 12.8 Å². The van der Waals surface area contributed by atoms with Gasteiger partial charge < -0.3 is 14.6 Å². The lowest BCUT2D eigenvalue weighted by Crippen LogP contribution is -2.04. The van der Waals surface area contributed by atoms with Gasteiger partial charge >= 0.3 is 5.97 Å². The second kappa shape index (κ2) is 9.64. The first kappa shape index (κ1) is 20.3. The topological polar surface area (TPSA) is 94.4 Å². The molecule has 1 fully saturated rings. The maximum atomic E-state index is 10.9. The number of carboxylic acid groups (broad SMARTS) is 1. The van der Waals surface area contributed by atoms with Gasteiger partial charge in [-0.1, -0.05) is 12.1 Å². The van der Waals surface area contributed by atoms with Crippen molar-refractivity contribution in [2.45, 2.75) is 19.8 Å². The van der Waals surface area contributed by atoms with E-state index in [-0.39, 0.29) is 5.56 Å². The minimum atomic E-state index is -0.938. The van der Waals surface area contributed by atoms with E-state index in [9.17, 15) is 4.79 Å². The summed E-state index contributed by atoms with van der Waals surface area (Å²) in [4.78, 5) is 23.3. The zero-order valence-corrected chi connectivity index (χ0v) is 16.4. The van der Waals surface area contributed by atoms with Crippen LogP contribution in [0.15, 0.2) is 55.0 Å². The fourth-order valence-corrected chi connectivity index (χ4v) is 2.50. The Morgan fingerprint density at radius 1 is 1.17 bits per heavy atom. The number of methoxy groups -OCH3 is 1. The van der Waals surface area contributed by atoms with Crippen LogP contribution in [0.1, 0.15) is 29.0 Å². The lowest BCUT2D eigenvalue weighted by Gasteiger charge is -2.10. The van der Waals surface area contributed by atoms with Crippen molar-refractivity contribution in [3.05, 3.63) is 66.4 Å².